The quantitative estimate of drug-likeness (QED) is 0.764. The number of allylic oxidation sites excluding steroid dienone is 2. The molecule has 0 saturated heterocycles. The Labute approximate surface area is 146 Å². The summed E-state index contributed by atoms with van der Waals surface area (Å²) in [7, 11) is 0. The number of nitrogens with one attached hydrogen (secondary N) is 1. The Kier molecular flexibility index (Phi) is 4.83. The van der Waals surface area contributed by atoms with Gasteiger partial charge in [-0.05, 0) is 37.5 Å². The van der Waals surface area contributed by atoms with Crippen LogP contribution in [0.4, 0.5) is 11.5 Å². The zero-order valence-corrected chi connectivity index (χ0v) is 14.8. The van der Waals surface area contributed by atoms with E-state index in [1.165, 1.54) is 9.13 Å². The van der Waals surface area contributed by atoms with Crippen LogP contribution < -0.4 is 22.3 Å². The molecule has 0 aliphatic heterocycles. The lowest BCUT2D eigenvalue weighted by atomic mass is 9.93. The van der Waals surface area contributed by atoms with E-state index in [-0.39, 0.29) is 29.2 Å². The first-order chi connectivity index (χ1) is 12.0. The third kappa shape index (κ3) is 3.03. The van der Waals surface area contributed by atoms with Gasteiger partial charge in [-0.3, -0.25) is 18.7 Å². The van der Waals surface area contributed by atoms with Gasteiger partial charge in [0.25, 0.3) is 5.56 Å². The lowest BCUT2D eigenvalue weighted by molar-refractivity contribution is -0.120. The van der Waals surface area contributed by atoms with E-state index in [0.29, 0.717) is 31.8 Å². The fraction of sp³-hybridized carbons (Fsp3) is 0.611. The minimum absolute atomic E-state index is 0.0400. The number of carbonyl (C=O) groups is 1. The lowest BCUT2D eigenvalue weighted by Gasteiger charge is -2.20. The smallest absolute Gasteiger partial charge is 0.332 e. The van der Waals surface area contributed by atoms with Gasteiger partial charge in [0.1, 0.15) is 11.5 Å². The highest BCUT2D eigenvalue weighted by Crippen LogP contribution is 2.43. The topological polar surface area (TPSA) is 99.1 Å². The normalized spacial score (nSPS) is 24.0. The monoisotopic (exact) mass is 346 g/mol. The summed E-state index contributed by atoms with van der Waals surface area (Å²) < 4.78 is 2.55. The zero-order chi connectivity index (χ0) is 18.1. The summed E-state index contributed by atoms with van der Waals surface area (Å²) in [6.45, 7) is 4.54. The minimum Gasteiger partial charge on any atom is -0.383 e. The first-order valence-electron chi connectivity index (χ1n) is 9.10. The first-order valence-corrected chi connectivity index (χ1v) is 9.10. The van der Waals surface area contributed by atoms with Crippen LogP contribution in [-0.4, -0.2) is 15.0 Å². The molecule has 25 heavy (non-hydrogen) atoms. The molecule has 7 nitrogen and oxygen atoms in total. The molecule has 1 saturated carbocycles. The predicted octanol–water partition coefficient (Wildman–Crippen LogP) is 1.56. The van der Waals surface area contributed by atoms with Gasteiger partial charge in [0, 0.05) is 19.0 Å². The Bertz CT molecular complexity index is 821. The number of rotatable bonds is 6. The molecule has 3 N–H and O–H groups in total. The van der Waals surface area contributed by atoms with Gasteiger partial charge in [-0.2, -0.15) is 0 Å². The van der Waals surface area contributed by atoms with Crippen molar-refractivity contribution in [3.63, 3.8) is 0 Å². The van der Waals surface area contributed by atoms with Gasteiger partial charge >= 0.3 is 5.69 Å². The molecule has 0 radical (unpaired) electrons. The SMILES string of the molecule is CCCn1c(N)c(NC(=O)[C@@H]2C[C@@H]3C=C[C@H]2C3)c(=O)n(CCC)c1=O. The molecule has 1 heterocycles. The van der Waals surface area contributed by atoms with Crippen LogP contribution in [0.1, 0.15) is 39.5 Å². The van der Waals surface area contributed by atoms with Crippen molar-refractivity contribution in [2.45, 2.75) is 52.6 Å². The third-order valence-electron chi connectivity index (χ3n) is 5.23. The van der Waals surface area contributed by atoms with E-state index >= 15 is 0 Å². The van der Waals surface area contributed by atoms with E-state index in [9.17, 15) is 14.4 Å². The summed E-state index contributed by atoms with van der Waals surface area (Å²) in [4.78, 5) is 37.9. The van der Waals surface area contributed by atoms with Crippen molar-refractivity contribution in [3.8, 4) is 0 Å². The Balaban J connectivity index is 1.97. The van der Waals surface area contributed by atoms with E-state index in [1.54, 1.807) is 0 Å². The molecule has 136 valence electrons. The summed E-state index contributed by atoms with van der Waals surface area (Å²) in [6.07, 6.45) is 7.43. The van der Waals surface area contributed by atoms with Crippen LogP contribution in [-0.2, 0) is 17.9 Å². The maximum Gasteiger partial charge on any atom is 0.332 e. The third-order valence-corrected chi connectivity index (χ3v) is 5.23. The van der Waals surface area contributed by atoms with Gasteiger partial charge in [-0.1, -0.05) is 26.0 Å². The second-order valence-electron chi connectivity index (χ2n) is 7.03. The number of amides is 1. The number of nitrogens with zero attached hydrogens (tertiary/aromatic N) is 2. The van der Waals surface area contributed by atoms with E-state index in [1.807, 2.05) is 13.8 Å². The number of anilines is 2. The molecule has 0 aromatic carbocycles. The summed E-state index contributed by atoms with van der Waals surface area (Å²) >= 11 is 0. The van der Waals surface area contributed by atoms with Crippen LogP contribution in [0.5, 0.6) is 0 Å². The van der Waals surface area contributed by atoms with Crippen molar-refractivity contribution >= 4 is 17.4 Å². The summed E-state index contributed by atoms with van der Waals surface area (Å²) in [5, 5.41) is 2.74. The molecule has 2 aliphatic carbocycles. The van der Waals surface area contributed by atoms with Crippen molar-refractivity contribution < 1.29 is 4.79 Å². The Morgan fingerprint density at radius 1 is 1.16 bits per heavy atom. The molecule has 7 heteroatoms. The van der Waals surface area contributed by atoms with Crippen molar-refractivity contribution in [2.75, 3.05) is 11.1 Å². The predicted molar refractivity (Wildman–Crippen MR) is 97.4 cm³/mol. The van der Waals surface area contributed by atoms with E-state index in [2.05, 4.69) is 17.5 Å². The maximum atomic E-state index is 12.7. The van der Waals surface area contributed by atoms with Crippen LogP contribution in [0, 0.1) is 17.8 Å². The Morgan fingerprint density at radius 2 is 1.84 bits per heavy atom. The van der Waals surface area contributed by atoms with Crippen LogP contribution in [0.2, 0.25) is 0 Å². The number of aromatic nitrogens is 2. The number of nitrogens with two attached hydrogens (primary N) is 1. The van der Waals surface area contributed by atoms with Gasteiger partial charge < -0.3 is 11.1 Å². The number of fused-ring (bicyclic) bond motifs is 2. The van der Waals surface area contributed by atoms with Crippen molar-refractivity contribution in [2.24, 2.45) is 17.8 Å². The number of hydrogen-bond acceptors (Lipinski definition) is 4. The molecule has 3 atom stereocenters. The highest BCUT2D eigenvalue weighted by molar-refractivity contribution is 5.95. The van der Waals surface area contributed by atoms with Crippen LogP contribution >= 0.6 is 0 Å². The van der Waals surface area contributed by atoms with Crippen molar-refractivity contribution in [3.05, 3.63) is 33.0 Å². The highest BCUT2D eigenvalue weighted by atomic mass is 16.2. The lowest BCUT2D eigenvalue weighted by Crippen LogP contribution is -2.43. The Morgan fingerprint density at radius 3 is 2.40 bits per heavy atom. The highest BCUT2D eigenvalue weighted by Gasteiger charge is 2.40. The molecular formula is C18H26N4O3. The molecule has 1 aromatic rings. The van der Waals surface area contributed by atoms with E-state index < -0.39 is 11.2 Å². The second-order valence-corrected chi connectivity index (χ2v) is 7.03. The summed E-state index contributed by atoms with van der Waals surface area (Å²) in [5.74, 6) is 0.455. The average molecular weight is 346 g/mol. The molecule has 2 bridgehead atoms. The average Bonchev–Trinajstić information content (AvgIpc) is 3.22. The fourth-order valence-corrected chi connectivity index (χ4v) is 3.99. The van der Waals surface area contributed by atoms with Crippen LogP contribution in [0.3, 0.4) is 0 Å². The molecule has 0 unspecified atom stereocenters. The van der Waals surface area contributed by atoms with Gasteiger partial charge in [0.15, 0.2) is 0 Å². The van der Waals surface area contributed by atoms with E-state index in [0.717, 1.165) is 12.8 Å². The summed E-state index contributed by atoms with van der Waals surface area (Å²) in [6, 6.07) is 0. The van der Waals surface area contributed by atoms with Gasteiger partial charge in [0.2, 0.25) is 5.91 Å². The van der Waals surface area contributed by atoms with Gasteiger partial charge in [0.05, 0.1) is 0 Å². The fourth-order valence-electron chi connectivity index (χ4n) is 3.99. The van der Waals surface area contributed by atoms with Crippen molar-refractivity contribution in [1.29, 1.82) is 0 Å². The number of hydrogen-bond donors (Lipinski definition) is 2. The van der Waals surface area contributed by atoms with Crippen molar-refractivity contribution in [1.82, 2.24) is 9.13 Å². The molecule has 1 amide bonds. The van der Waals surface area contributed by atoms with Crippen LogP contribution in [0.15, 0.2) is 21.7 Å². The molecule has 1 aromatic heterocycles. The first kappa shape index (κ1) is 17.5. The maximum absolute atomic E-state index is 12.7. The van der Waals surface area contributed by atoms with Gasteiger partial charge in [-0.25, -0.2) is 4.79 Å². The molecule has 0 spiro atoms. The standard InChI is InChI=1S/C18H26N4O3/c1-3-7-21-15(19)14(17(24)22(8-4-2)18(21)25)20-16(23)13-10-11-5-6-12(13)9-11/h5-6,11-13H,3-4,7-10,19H2,1-2H3,(H,20,23)/t11-,12+,13-/m1/s1. The second kappa shape index (κ2) is 6.90. The zero-order valence-electron chi connectivity index (χ0n) is 14.8. The Hall–Kier alpha value is -2.31. The molecule has 1 fully saturated rings. The van der Waals surface area contributed by atoms with Crippen LogP contribution in [0.25, 0.3) is 0 Å². The molecule has 3 rings (SSSR count). The molecule has 2 aliphatic rings. The molecular weight excluding hydrogens is 320 g/mol. The summed E-state index contributed by atoms with van der Waals surface area (Å²) in [5.41, 5.74) is 5.20. The van der Waals surface area contributed by atoms with Gasteiger partial charge in [-0.15, -0.1) is 0 Å². The van der Waals surface area contributed by atoms with E-state index in [4.69, 9.17) is 5.73 Å². The minimum atomic E-state index is -0.510. The number of nitrogen functional groups attached to an aromatic ring is 1. The largest absolute Gasteiger partial charge is 0.383 e. The number of carbonyl (C=O) groups excluding carboxylic acids is 1.